The first kappa shape index (κ1) is 14.0. The molecule has 104 valence electrons. The van der Waals surface area contributed by atoms with Crippen molar-refractivity contribution in [1.82, 2.24) is 14.8 Å². The zero-order valence-electron chi connectivity index (χ0n) is 11.0. The third-order valence-electron chi connectivity index (χ3n) is 3.34. The van der Waals surface area contributed by atoms with Crippen LogP contribution in [0.3, 0.4) is 0 Å². The highest BCUT2D eigenvalue weighted by Crippen LogP contribution is 2.16. The van der Waals surface area contributed by atoms with Crippen molar-refractivity contribution in [2.75, 3.05) is 26.2 Å². The predicted molar refractivity (Wildman–Crippen MR) is 71.4 cm³/mol. The van der Waals surface area contributed by atoms with Crippen molar-refractivity contribution in [3.63, 3.8) is 0 Å². The van der Waals surface area contributed by atoms with Crippen LogP contribution in [0.15, 0.2) is 6.20 Å². The SMILES string of the molecule is Cc1ncc(C(=O)N2CCN(C(C)C(=O)O)CC2)s1. The van der Waals surface area contributed by atoms with E-state index < -0.39 is 12.0 Å². The zero-order chi connectivity index (χ0) is 14.0. The maximum absolute atomic E-state index is 12.2. The molecule has 0 saturated carbocycles. The highest BCUT2D eigenvalue weighted by Gasteiger charge is 2.28. The highest BCUT2D eigenvalue weighted by molar-refractivity contribution is 7.13. The number of thiazole rings is 1. The summed E-state index contributed by atoms with van der Waals surface area (Å²) in [6.45, 7) is 5.86. The summed E-state index contributed by atoms with van der Waals surface area (Å²) in [5, 5.41) is 9.84. The maximum Gasteiger partial charge on any atom is 0.320 e. The Morgan fingerprint density at radius 1 is 1.37 bits per heavy atom. The van der Waals surface area contributed by atoms with Crippen molar-refractivity contribution in [3.05, 3.63) is 16.1 Å². The monoisotopic (exact) mass is 283 g/mol. The molecule has 1 amide bonds. The van der Waals surface area contributed by atoms with Gasteiger partial charge in [-0.3, -0.25) is 14.5 Å². The molecule has 1 fully saturated rings. The molecule has 6 nitrogen and oxygen atoms in total. The summed E-state index contributed by atoms with van der Waals surface area (Å²) >= 11 is 1.39. The summed E-state index contributed by atoms with van der Waals surface area (Å²) in [6.07, 6.45) is 1.61. The summed E-state index contributed by atoms with van der Waals surface area (Å²) < 4.78 is 0. The first-order chi connectivity index (χ1) is 8.99. The first-order valence-corrected chi connectivity index (χ1v) is 6.99. The molecule has 7 heteroatoms. The molecule has 1 aromatic rings. The predicted octanol–water partition coefficient (Wildman–Crippen LogP) is 0.682. The second-order valence-electron chi connectivity index (χ2n) is 4.59. The van der Waals surface area contributed by atoms with Crippen LogP contribution in [0, 0.1) is 6.92 Å². The first-order valence-electron chi connectivity index (χ1n) is 6.17. The number of aliphatic carboxylic acids is 1. The van der Waals surface area contributed by atoms with Gasteiger partial charge in [0, 0.05) is 26.2 Å². The van der Waals surface area contributed by atoms with Gasteiger partial charge in [0.25, 0.3) is 5.91 Å². The lowest BCUT2D eigenvalue weighted by Gasteiger charge is -2.36. The average Bonchev–Trinajstić information content (AvgIpc) is 2.84. The van der Waals surface area contributed by atoms with Crippen molar-refractivity contribution >= 4 is 23.2 Å². The molecule has 1 saturated heterocycles. The molecule has 2 rings (SSSR count). The smallest absolute Gasteiger partial charge is 0.320 e. The molecule has 1 N–H and O–H groups in total. The van der Waals surface area contributed by atoms with Gasteiger partial charge in [-0.25, -0.2) is 4.98 Å². The van der Waals surface area contributed by atoms with E-state index in [1.165, 1.54) is 11.3 Å². The number of carboxylic acids is 1. The minimum atomic E-state index is -0.821. The fraction of sp³-hybridized carbons (Fsp3) is 0.583. The van der Waals surface area contributed by atoms with E-state index in [9.17, 15) is 9.59 Å². The van der Waals surface area contributed by atoms with Crippen molar-refractivity contribution in [1.29, 1.82) is 0 Å². The van der Waals surface area contributed by atoms with Gasteiger partial charge in [-0.1, -0.05) is 0 Å². The molecule has 19 heavy (non-hydrogen) atoms. The van der Waals surface area contributed by atoms with E-state index in [-0.39, 0.29) is 5.91 Å². The third-order valence-corrected chi connectivity index (χ3v) is 4.24. The number of nitrogens with zero attached hydrogens (tertiary/aromatic N) is 3. The third kappa shape index (κ3) is 3.10. The molecule has 0 aliphatic carbocycles. The van der Waals surface area contributed by atoms with Crippen LogP contribution in [-0.2, 0) is 4.79 Å². The quantitative estimate of drug-likeness (QED) is 0.883. The Kier molecular flexibility index (Phi) is 4.16. The van der Waals surface area contributed by atoms with Gasteiger partial charge in [0.1, 0.15) is 10.9 Å². The van der Waals surface area contributed by atoms with Crippen LogP contribution in [0.1, 0.15) is 21.6 Å². The molecule has 0 radical (unpaired) electrons. The fourth-order valence-electron chi connectivity index (χ4n) is 2.08. The van der Waals surface area contributed by atoms with E-state index in [2.05, 4.69) is 4.98 Å². The summed E-state index contributed by atoms with van der Waals surface area (Å²) in [4.78, 5) is 31.5. The molecule has 1 atom stereocenters. The van der Waals surface area contributed by atoms with Crippen LogP contribution in [-0.4, -0.2) is 64.0 Å². The minimum Gasteiger partial charge on any atom is -0.480 e. The summed E-state index contributed by atoms with van der Waals surface area (Å²) in [5.74, 6) is -0.828. The number of aromatic nitrogens is 1. The van der Waals surface area contributed by atoms with Crippen LogP contribution in [0.2, 0.25) is 0 Å². The zero-order valence-corrected chi connectivity index (χ0v) is 11.8. The van der Waals surface area contributed by atoms with Gasteiger partial charge in [-0.2, -0.15) is 0 Å². The molecule has 1 aliphatic heterocycles. The van der Waals surface area contributed by atoms with Crippen LogP contribution >= 0.6 is 11.3 Å². The molecular formula is C12H17N3O3S. The molecule has 2 heterocycles. The lowest BCUT2D eigenvalue weighted by molar-refractivity contribution is -0.143. The van der Waals surface area contributed by atoms with Gasteiger partial charge in [0.2, 0.25) is 0 Å². The summed E-state index contributed by atoms with van der Waals surface area (Å²) in [7, 11) is 0. The number of hydrogen-bond acceptors (Lipinski definition) is 5. The fourth-order valence-corrected chi connectivity index (χ4v) is 2.83. The Labute approximate surface area is 115 Å². The summed E-state index contributed by atoms with van der Waals surface area (Å²) in [5.41, 5.74) is 0. The lowest BCUT2D eigenvalue weighted by Crippen LogP contribution is -2.53. The number of amides is 1. The van der Waals surface area contributed by atoms with Gasteiger partial charge in [-0.15, -0.1) is 11.3 Å². The topological polar surface area (TPSA) is 73.7 Å². The molecule has 1 aromatic heterocycles. The van der Waals surface area contributed by atoms with E-state index in [0.717, 1.165) is 5.01 Å². The van der Waals surface area contributed by atoms with Crippen molar-refractivity contribution in [3.8, 4) is 0 Å². The molecule has 0 spiro atoms. The number of carboxylic acid groups (broad SMARTS) is 1. The maximum atomic E-state index is 12.2. The number of hydrogen-bond donors (Lipinski definition) is 1. The van der Waals surface area contributed by atoms with E-state index in [0.29, 0.717) is 31.1 Å². The van der Waals surface area contributed by atoms with Gasteiger partial charge in [0.15, 0.2) is 0 Å². The van der Waals surface area contributed by atoms with Crippen molar-refractivity contribution in [2.24, 2.45) is 0 Å². The molecule has 0 bridgehead atoms. The highest BCUT2D eigenvalue weighted by atomic mass is 32.1. The standard InChI is InChI=1S/C12H17N3O3S/c1-8(12(17)18)14-3-5-15(6-4-14)11(16)10-7-13-9(2)19-10/h7-8H,3-6H2,1-2H3,(H,17,18). The Hall–Kier alpha value is -1.47. The van der Waals surface area contributed by atoms with E-state index in [4.69, 9.17) is 5.11 Å². The molecular weight excluding hydrogens is 266 g/mol. The van der Waals surface area contributed by atoms with E-state index in [1.807, 2.05) is 11.8 Å². The van der Waals surface area contributed by atoms with Crippen molar-refractivity contribution in [2.45, 2.75) is 19.9 Å². The molecule has 1 aliphatic rings. The number of carbonyl (C=O) groups excluding carboxylic acids is 1. The van der Waals surface area contributed by atoms with Crippen LogP contribution in [0.5, 0.6) is 0 Å². The van der Waals surface area contributed by atoms with Gasteiger partial charge in [-0.05, 0) is 13.8 Å². The van der Waals surface area contributed by atoms with Crippen LogP contribution in [0.4, 0.5) is 0 Å². The van der Waals surface area contributed by atoms with Crippen LogP contribution < -0.4 is 0 Å². The number of piperazine rings is 1. The second-order valence-corrected chi connectivity index (χ2v) is 5.82. The van der Waals surface area contributed by atoms with Gasteiger partial charge in [0.05, 0.1) is 11.2 Å². The van der Waals surface area contributed by atoms with E-state index >= 15 is 0 Å². The molecule has 0 aromatic carbocycles. The van der Waals surface area contributed by atoms with Crippen LogP contribution in [0.25, 0.3) is 0 Å². The minimum absolute atomic E-state index is 0.00627. The Balaban J connectivity index is 1.93. The Morgan fingerprint density at radius 2 is 2.00 bits per heavy atom. The Bertz CT molecular complexity index is 480. The Morgan fingerprint density at radius 3 is 2.47 bits per heavy atom. The normalized spacial score (nSPS) is 18.3. The largest absolute Gasteiger partial charge is 0.480 e. The number of aryl methyl sites for hydroxylation is 1. The van der Waals surface area contributed by atoms with E-state index in [1.54, 1.807) is 18.0 Å². The number of carbonyl (C=O) groups is 2. The van der Waals surface area contributed by atoms with Gasteiger partial charge < -0.3 is 10.0 Å². The van der Waals surface area contributed by atoms with Gasteiger partial charge >= 0.3 is 5.97 Å². The average molecular weight is 283 g/mol. The van der Waals surface area contributed by atoms with Crippen molar-refractivity contribution < 1.29 is 14.7 Å². The number of rotatable bonds is 3. The lowest BCUT2D eigenvalue weighted by atomic mass is 10.2. The molecule has 1 unspecified atom stereocenters. The second kappa shape index (κ2) is 5.66. The summed E-state index contributed by atoms with van der Waals surface area (Å²) in [6, 6.07) is -0.497.